The Morgan fingerprint density at radius 2 is 1.39 bits per heavy atom. The molecule has 0 saturated heterocycles. The van der Waals surface area contributed by atoms with E-state index in [9.17, 15) is 0 Å². The van der Waals surface area contributed by atoms with Gasteiger partial charge in [-0.2, -0.15) is 0 Å². The highest BCUT2D eigenvalue weighted by Crippen LogP contribution is 2.12. The van der Waals surface area contributed by atoms with Crippen molar-refractivity contribution in [1.82, 2.24) is 9.97 Å². The summed E-state index contributed by atoms with van der Waals surface area (Å²) in [5.41, 5.74) is 7.43. The number of anilines is 1. The molecule has 4 rings (SSSR count). The summed E-state index contributed by atoms with van der Waals surface area (Å²) in [4.78, 5) is 8.09. The van der Waals surface area contributed by atoms with E-state index >= 15 is 0 Å². The van der Waals surface area contributed by atoms with E-state index in [1.165, 1.54) is 0 Å². The summed E-state index contributed by atoms with van der Waals surface area (Å²) in [6.07, 6.45) is 3.46. The zero-order chi connectivity index (χ0) is 22.6. The highest BCUT2D eigenvalue weighted by atomic mass is 35.5. The van der Waals surface area contributed by atoms with Gasteiger partial charge in [-0.05, 0) is 75.2 Å². The van der Waals surface area contributed by atoms with Crippen LogP contribution in [0.15, 0.2) is 69.8 Å². The van der Waals surface area contributed by atoms with Crippen molar-refractivity contribution in [2.45, 2.75) is 40.8 Å². The van der Waals surface area contributed by atoms with E-state index in [-0.39, 0.29) is 0 Å². The molecule has 0 spiro atoms. The van der Waals surface area contributed by atoms with Gasteiger partial charge in [0.2, 0.25) is 0 Å². The van der Waals surface area contributed by atoms with Crippen LogP contribution >= 0.6 is 11.6 Å². The van der Waals surface area contributed by atoms with Crippen molar-refractivity contribution in [1.29, 1.82) is 0 Å². The number of pyridine rings is 2. The molecule has 7 heteroatoms. The largest absolute Gasteiger partial charge is 0.465 e. The molecule has 4 aromatic rings. The average molecular weight is 441 g/mol. The lowest BCUT2D eigenvalue weighted by atomic mass is 10.3. The first-order valence-electron chi connectivity index (χ1n) is 9.92. The van der Waals surface area contributed by atoms with E-state index in [1.54, 1.807) is 12.4 Å². The number of rotatable bonds is 4. The summed E-state index contributed by atoms with van der Waals surface area (Å²) < 4.78 is 10.6. The lowest BCUT2D eigenvalue weighted by Crippen LogP contribution is -2.01. The minimum Gasteiger partial charge on any atom is -0.465 e. The summed E-state index contributed by atoms with van der Waals surface area (Å²) in [7, 11) is 0. The molecule has 0 aromatic carbocycles. The summed E-state index contributed by atoms with van der Waals surface area (Å²) in [5.74, 6) is 4.54. The number of aromatic nitrogens is 2. The SMILES string of the molecule is Cc1ccc(CN)o1.Cc1ccc(CNc2ncccc2C)o1.Cc1cccnc1Cl. The number of hydrogen-bond donors (Lipinski definition) is 2. The molecule has 4 heterocycles. The second-order valence-electron chi connectivity index (χ2n) is 6.86. The zero-order valence-electron chi connectivity index (χ0n) is 18.4. The molecule has 0 saturated carbocycles. The Morgan fingerprint density at radius 3 is 1.81 bits per heavy atom. The van der Waals surface area contributed by atoms with Crippen molar-refractivity contribution in [3.8, 4) is 0 Å². The van der Waals surface area contributed by atoms with Crippen molar-refractivity contribution in [2.75, 3.05) is 5.32 Å². The minimum atomic E-state index is 0.494. The fraction of sp³-hybridized carbons (Fsp3) is 0.250. The molecule has 0 unspecified atom stereocenters. The first-order chi connectivity index (χ1) is 14.9. The van der Waals surface area contributed by atoms with Gasteiger partial charge in [-0.3, -0.25) is 0 Å². The Balaban J connectivity index is 0.000000181. The monoisotopic (exact) mass is 440 g/mol. The molecular formula is C24H29ClN4O2. The Bertz CT molecular complexity index is 1040. The molecule has 0 aliphatic rings. The first-order valence-corrected chi connectivity index (χ1v) is 10.3. The van der Waals surface area contributed by atoms with Gasteiger partial charge < -0.3 is 19.9 Å². The maximum absolute atomic E-state index is 5.60. The van der Waals surface area contributed by atoms with Gasteiger partial charge in [0.05, 0.1) is 13.1 Å². The first kappa shape index (κ1) is 24.2. The molecule has 0 radical (unpaired) electrons. The van der Waals surface area contributed by atoms with Gasteiger partial charge in [-0.15, -0.1) is 0 Å². The second-order valence-corrected chi connectivity index (χ2v) is 7.22. The Labute approximate surface area is 188 Å². The molecule has 0 amide bonds. The number of furan rings is 2. The smallest absolute Gasteiger partial charge is 0.131 e. The van der Waals surface area contributed by atoms with Crippen LogP contribution in [0, 0.1) is 27.7 Å². The number of nitrogens with zero attached hydrogens (tertiary/aromatic N) is 2. The molecule has 31 heavy (non-hydrogen) atoms. The fourth-order valence-electron chi connectivity index (χ4n) is 2.48. The third-order valence-corrected chi connectivity index (χ3v) is 4.57. The van der Waals surface area contributed by atoms with Gasteiger partial charge >= 0.3 is 0 Å². The van der Waals surface area contributed by atoms with Crippen LogP contribution in [-0.2, 0) is 13.1 Å². The van der Waals surface area contributed by atoms with Crippen LogP contribution in [0.2, 0.25) is 5.15 Å². The molecule has 4 aromatic heterocycles. The van der Waals surface area contributed by atoms with Crippen LogP contribution in [0.3, 0.4) is 0 Å². The second kappa shape index (κ2) is 12.6. The standard InChI is InChI=1S/C12H14N2O.C6H6ClN.C6H9NO/c1-9-4-3-7-13-12(9)14-8-11-6-5-10(2)15-11;1-5-3-2-4-8-6(5)7;1-5-2-3-6(4-7)8-5/h3-7H,8H2,1-2H3,(H,13,14);2-4H,1H3;2-3H,4,7H2,1H3. The summed E-state index contributed by atoms with van der Waals surface area (Å²) in [6, 6.07) is 15.5. The van der Waals surface area contributed by atoms with Crippen LogP contribution in [0.25, 0.3) is 0 Å². The fourth-order valence-corrected chi connectivity index (χ4v) is 2.60. The average Bonchev–Trinajstić information content (AvgIpc) is 3.38. The van der Waals surface area contributed by atoms with Gasteiger partial charge in [0.1, 0.15) is 34.0 Å². The third-order valence-electron chi connectivity index (χ3n) is 4.18. The van der Waals surface area contributed by atoms with Gasteiger partial charge in [-0.1, -0.05) is 23.7 Å². The van der Waals surface area contributed by atoms with Crippen molar-refractivity contribution in [3.63, 3.8) is 0 Å². The maximum atomic E-state index is 5.60. The lowest BCUT2D eigenvalue weighted by Gasteiger charge is -2.05. The number of halogens is 1. The van der Waals surface area contributed by atoms with E-state index < -0.39 is 0 Å². The van der Waals surface area contributed by atoms with Crippen molar-refractivity contribution in [3.05, 3.63) is 100 Å². The Hall–Kier alpha value is -3.09. The van der Waals surface area contributed by atoms with E-state index in [0.29, 0.717) is 18.2 Å². The molecule has 0 atom stereocenters. The minimum absolute atomic E-state index is 0.494. The third kappa shape index (κ3) is 8.66. The van der Waals surface area contributed by atoms with Crippen LogP contribution in [0.1, 0.15) is 34.2 Å². The number of nitrogens with two attached hydrogens (primary N) is 1. The van der Waals surface area contributed by atoms with E-state index in [0.717, 1.165) is 40.0 Å². The molecular weight excluding hydrogens is 412 g/mol. The molecule has 3 N–H and O–H groups in total. The number of hydrogen-bond acceptors (Lipinski definition) is 6. The van der Waals surface area contributed by atoms with Crippen molar-refractivity contribution in [2.24, 2.45) is 5.73 Å². The quantitative estimate of drug-likeness (QED) is 0.378. The van der Waals surface area contributed by atoms with Crippen LogP contribution in [0.4, 0.5) is 5.82 Å². The molecule has 164 valence electrons. The predicted octanol–water partition coefficient (Wildman–Crippen LogP) is 5.99. The number of nitrogens with one attached hydrogen (secondary N) is 1. The topological polar surface area (TPSA) is 90.1 Å². The molecule has 0 fully saturated rings. The lowest BCUT2D eigenvalue weighted by molar-refractivity contribution is 0.485. The molecule has 6 nitrogen and oxygen atoms in total. The van der Waals surface area contributed by atoms with Crippen LogP contribution in [0.5, 0.6) is 0 Å². The normalized spacial score (nSPS) is 9.87. The summed E-state index contributed by atoms with van der Waals surface area (Å²) >= 11 is 5.60. The van der Waals surface area contributed by atoms with Crippen molar-refractivity contribution >= 4 is 17.4 Å². The summed E-state index contributed by atoms with van der Waals surface area (Å²) in [5, 5.41) is 3.83. The van der Waals surface area contributed by atoms with E-state index in [4.69, 9.17) is 26.2 Å². The summed E-state index contributed by atoms with van der Waals surface area (Å²) in [6.45, 7) is 8.96. The van der Waals surface area contributed by atoms with Gasteiger partial charge in [0.25, 0.3) is 0 Å². The van der Waals surface area contributed by atoms with Gasteiger partial charge in [-0.25, -0.2) is 9.97 Å². The Kier molecular flexibility index (Phi) is 9.81. The van der Waals surface area contributed by atoms with Crippen LogP contribution < -0.4 is 11.1 Å². The Morgan fingerprint density at radius 1 is 0.806 bits per heavy atom. The van der Waals surface area contributed by atoms with Crippen LogP contribution in [-0.4, -0.2) is 9.97 Å². The molecule has 0 aliphatic carbocycles. The van der Waals surface area contributed by atoms with E-state index in [2.05, 4.69) is 15.3 Å². The molecule has 0 bridgehead atoms. The highest BCUT2D eigenvalue weighted by molar-refractivity contribution is 6.30. The zero-order valence-corrected chi connectivity index (χ0v) is 19.1. The van der Waals surface area contributed by atoms with Crippen molar-refractivity contribution < 1.29 is 8.83 Å². The maximum Gasteiger partial charge on any atom is 0.131 e. The van der Waals surface area contributed by atoms with Gasteiger partial charge in [0.15, 0.2) is 0 Å². The number of aryl methyl sites for hydroxylation is 4. The molecule has 0 aliphatic heterocycles. The van der Waals surface area contributed by atoms with Gasteiger partial charge in [0, 0.05) is 12.4 Å². The predicted molar refractivity (Wildman–Crippen MR) is 125 cm³/mol. The van der Waals surface area contributed by atoms with E-state index in [1.807, 2.05) is 76.2 Å². The highest BCUT2D eigenvalue weighted by Gasteiger charge is 2.00.